The van der Waals surface area contributed by atoms with Crippen molar-refractivity contribution in [1.82, 2.24) is 9.38 Å². The lowest BCUT2D eigenvalue weighted by molar-refractivity contribution is -0.384. The van der Waals surface area contributed by atoms with Crippen LogP contribution in [0.5, 0.6) is 0 Å². The first-order valence-corrected chi connectivity index (χ1v) is 8.05. The first-order valence-electron chi connectivity index (χ1n) is 7.23. The molecule has 1 aromatic carbocycles. The summed E-state index contributed by atoms with van der Waals surface area (Å²) in [5, 5.41) is 18.5. The molecule has 0 aliphatic carbocycles. The van der Waals surface area contributed by atoms with E-state index < -0.39 is 4.92 Å². The Morgan fingerprint density at radius 3 is 2.84 bits per heavy atom. The van der Waals surface area contributed by atoms with Crippen LogP contribution in [0.15, 0.2) is 34.5 Å². The van der Waals surface area contributed by atoms with Crippen LogP contribution in [-0.4, -0.2) is 26.5 Å². The summed E-state index contributed by atoms with van der Waals surface area (Å²) in [5.41, 5.74) is 13.5. The van der Waals surface area contributed by atoms with Crippen molar-refractivity contribution >= 4 is 34.2 Å². The van der Waals surface area contributed by atoms with E-state index >= 15 is 0 Å². The Morgan fingerprint density at radius 1 is 1.40 bits per heavy atom. The number of guanidine groups is 1. The van der Waals surface area contributed by atoms with Gasteiger partial charge in [0.15, 0.2) is 4.96 Å². The largest absolute Gasteiger partial charge is 0.369 e. The topological polar surface area (TPSA) is 137 Å². The number of fused-ring (bicyclic) bond motifs is 1. The predicted molar refractivity (Wildman–Crippen MR) is 98.0 cm³/mol. The van der Waals surface area contributed by atoms with Gasteiger partial charge in [0.2, 0.25) is 5.96 Å². The van der Waals surface area contributed by atoms with Crippen LogP contribution in [0.1, 0.15) is 16.3 Å². The van der Waals surface area contributed by atoms with E-state index in [0.29, 0.717) is 17.0 Å². The van der Waals surface area contributed by atoms with Crippen LogP contribution < -0.4 is 11.5 Å². The maximum Gasteiger partial charge on any atom is 0.270 e. The van der Waals surface area contributed by atoms with Crippen LogP contribution in [0.4, 0.5) is 5.69 Å². The highest BCUT2D eigenvalue weighted by molar-refractivity contribution is 7.17. The third-order valence-corrected chi connectivity index (χ3v) is 4.71. The zero-order valence-electron chi connectivity index (χ0n) is 13.5. The van der Waals surface area contributed by atoms with Gasteiger partial charge in [-0.2, -0.15) is 5.10 Å². The lowest BCUT2D eigenvalue weighted by atomic mass is 10.1. The van der Waals surface area contributed by atoms with E-state index in [9.17, 15) is 10.1 Å². The van der Waals surface area contributed by atoms with E-state index in [0.717, 1.165) is 15.5 Å². The van der Waals surface area contributed by atoms with Crippen molar-refractivity contribution in [2.75, 3.05) is 0 Å². The van der Waals surface area contributed by atoms with Crippen LogP contribution >= 0.6 is 11.3 Å². The number of nitrogens with zero attached hydrogens (tertiary/aromatic N) is 5. The van der Waals surface area contributed by atoms with E-state index in [4.69, 9.17) is 11.5 Å². The minimum absolute atomic E-state index is 0.00568. The molecule has 0 unspecified atom stereocenters. The number of thiazole rings is 1. The van der Waals surface area contributed by atoms with Gasteiger partial charge in [0.05, 0.1) is 22.5 Å². The quantitative estimate of drug-likeness (QED) is 0.319. The summed E-state index contributed by atoms with van der Waals surface area (Å²) >= 11 is 1.53. The summed E-state index contributed by atoms with van der Waals surface area (Å²) in [5.74, 6) is -0.160. The van der Waals surface area contributed by atoms with Crippen LogP contribution in [-0.2, 0) is 0 Å². The van der Waals surface area contributed by atoms with Crippen molar-refractivity contribution in [3.05, 3.63) is 50.6 Å². The lowest BCUT2D eigenvalue weighted by Crippen LogP contribution is -2.21. The molecule has 0 bridgehead atoms. The molecule has 10 heteroatoms. The monoisotopic (exact) mass is 357 g/mol. The molecule has 0 aliphatic rings. The van der Waals surface area contributed by atoms with Crippen molar-refractivity contribution in [3.8, 4) is 11.3 Å². The molecule has 25 heavy (non-hydrogen) atoms. The third-order valence-electron chi connectivity index (χ3n) is 3.66. The molecule has 0 saturated heterocycles. The molecule has 0 amide bonds. The maximum atomic E-state index is 11.0. The van der Waals surface area contributed by atoms with Crippen LogP contribution in [0.3, 0.4) is 0 Å². The molecule has 0 spiro atoms. The third kappa shape index (κ3) is 3.06. The van der Waals surface area contributed by atoms with Crippen molar-refractivity contribution < 1.29 is 4.92 Å². The molecule has 128 valence electrons. The molecule has 3 aromatic rings. The molecule has 2 heterocycles. The van der Waals surface area contributed by atoms with Gasteiger partial charge in [0.25, 0.3) is 5.69 Å². The summed E-state index contributed by atoms with van der Waals surface area (Å²) in [7, 11) is 0. The van der Waals surface area contributed by atoms with Gasteiger partial charge in [-0.1, -0.05) is 12.1 Å². The number of nitrogens with two attached hydrogens (primary N) is 2. The van der Waals surface area contributed by atoms with Crippen LogP contribution in [0.25, 0.3) is 16.2 Å². The van der Waals surface area contributed by atoms with Gasteiger partial charge in [-0.15, -0.1) is 16.4 Å². The Kier molecular flexibility index (Phi) is 4.19. The fourth-order valence-corrected chi connectivity index (χ4v) is 3.40. The summed E-state index contributed by atoms with van der Waals surface area (Å²) in [4.78, 5) is 17.1. The van der Waals surface area contributed by atoms with Gasteiger partial charge in [-0.25, -0.2) is 4.98 Å². The summed E-state index contributed by atoms with van der Waals surface area (Å²) in [6, 6.07) is 6.30. The number of aromatic nitrogens is 2. The zero-order valence-corrected chi connectivity index (χ0v) is 14.3. The van der Waals surface area contributed by atoms with Crippen molar-refractivity contribution in [2.45, 2.75) is 13.8 Å². The Labute approximate surface area is 146 Å². The number of aryl methyl sites for hydroxylation is 2. The first-order chi connectivity index (χ1) is 11.9. The normalized spacial score (nSPS) is 11.3. The smallest absolute Gasteiger partial charge is 0.270 e. The first kappa shape index (κ1) is 16.6. The highest BCUT2D eigenvalue weighted by Gasteiger charge is 2.19. The van der Waals surface area contributed by atoms with Crippen LogP contribution in [0.2, 0.25) is 0 Å². The highest BCUT2D eigenvalue weighted by atomic mass is 32.1. The number of nitro groups is 1. The van der Waals surface area contributed by atoms with Gasteiger partial charge in [0.1, 0.15) is 0 Å². The number of hydrogen-bond acceptors (Lipinski definition) is 6. The Bertz CT molecular complexity index is 1030. The SMILES string of the molecule is Cc1sc2nc(-c3cccc([N+](=O)[O-])c3)c(/C=N/N=C(N)N)n2c1C. The molecular weight excluding hydrogens is 342 g/mol. The van der Waals surface area contributed by atoms with Gasteiger partial charge in [0, 0.05) is 28.3 Å². The van der Waals surface area contributed by atoms with E-state index in [2.05, 4.69) is 15.2 Å². The number of rotatable bonds is 4. The van der Waals surface area contributed by atoms with Gasteiger partial charge in [-0.3, -0.25) is 14.5 Å². The Balaban J connectivity index is 2.24. The number of non-ortho nitro benzene ring substituents is 1. The molecule has 9 nitrogen and oxygen atoms in total. The van der Waals surface area contributed by atoms with Gasteiger partial charge >= 0.3 is 0 Å². The second-order valence-corrected chi connectivity index (χ2v) is 6.47. The highest BCUT2D eigenvalue weighted by Crippen LogP contribution is 2.31. The molecular formula is C15H15N7O2S. The Morgan fingerprint density at radius 2 is 2.16 bits per heavy atom. The second-order valence-electron chi connectivity index (χ2n) is 5.28. The predicted octanol–water partition coefficient (Wildman–Crippen LogP) is 2.20. The van der Waals surface area contributed by atoms with Gasteiger partial charge < -0.3 is 11.5 Å². The van der Waals surface area contributed by atoms with E-state index in [-0.39, 0.29) is 11.6 Å². The number of hydrogen-bond donors (Lipinski definition) is 2. The summed E-state index contributed by atoms with van der Waals surface area (Å²) in [6.07, 6.45) is 1.49. The molecule has 3 rings (SSSR count). The van der Waals surface area contributed by atoms with Crippen molar-refractivity contribution in [2.24, 2.45) is 21.7 Å². The number of benzene rings is 1. The molecule has 2 aromatic heterocycles. The Hall–Kier alpha value is -3.27. The maximum absolute atomic E-state index is 11.0. The fraction of sp³-hybridized carbons (Fsp3) is 0.133. The average molecular weight is 357 g/mol. The molecule has 0 fully saturated rings. The van der Waals surface area contributed by atoms with Crippen molar-refractivity contribution in [3.63, 3.8) is 0 Å². The minimum atomic E-state index is -0.440. The summed E-state index contributed by atoms with van der Waals surface area (Å²) < 4.78 is 1.93. The van der Waals surface area contributed by atoms with Crippen LogP contribution in [0, 0.1) is 24.0 Å². The number of imidazole rings is 1. The van der Waals surface area contributed by atoms with E-state index in [1.54, 1.807) is 12.1 Å². The molecule has 4 N–H and O–H groups in total. The standard InChI is InChI=1S/C15H15N7O2S/c1-8-9(2)25-15-19-13(10-4-3-5-11(6-10)22(23)24)12(21(8)15)7-18-20-14(16)17/h3-7H,1-2H3,(H4,16,17,20)/b18-7+. The summed E-state index contributed by atoms with van der Waals surface area (Å²) in [6.45, 7) is 3.97. The molecule has 0 radical (unpaired) electrons. The second kappa shape index (κ2) is 6.32. The minimum Gasteiger partial charge on any atom is -0.369 e. The zero-order chi connectivity index (χ0) is 18.1. The molecule has 0 aliphatic heterocycles. The van der Waals surface area contributed by atoms with Crippen molar-refractivity contribution in [1.29, 1.82) is 0 Å². The van der Waals surface area contributed by atoms with Gasteiger partial charge in [-0.05, 0) is 13.8 Å². The average Bonchev–Trinajstić information content (AvgIpc) is 3.05. The molecule has 0 saturated carbocycles. The lowest BCUT2D eigenvalue weighted by Gasteiger charge is -2.01. The van der Waals surface area contributed by atoms with E-state index in [1.807, 2.05) is 18.2 Å². The molecule has 0 atom stereocenters. The van der Waals surface area contributed by atoms with E-state index in [1.165, 1.54) is 29.7 Å². The number of nitro benzene ring substituents is 1. The fourth-order valence-electron chi connectivity index (χ4n) is 2.42.